The first-order valence-electron chi connectivity index (χ1n) is 7.12. The third-order valence-corrected chi connectivity index (χ3v) is 3.54. The van der Waals surface area contributed by atoms with E-state index in [0.29, 0.717) is 17.7 Å². The highest BCUT2D eigenvalue weighted by molar-refractivity contribution is 5.97. The Kier molecular flexibility index (Phi) is 3.98. The fourth-order valence-corrected chi connectivity index (χ4v) is 2.37. The number of aryl methyl sites for hydroxylation is 1. The number of aromatic nitrogens is 2. The predicted molar refractivity (Wildman–Crippen MR) is 80.1 cm³/mol. The molecule has 0 aliphatic carbocycles. The standard InChI is InChI=1S/C15H13N3O6/c1-17-8-11(14(19)24-12-6-7-23-15(12)20)13(16-17)9-2-4-10(5-3-9)18(21)22/h2-5,8,12H,6-7H2,1H3. The Morgan fingerprint density at radius 2 is 2.12 bits per heavy atom. The van der Waals surface area contributed by atoms with Gasteiger partial charge >= 0.3 is 11.9 Å². The monoisotopic (exact) mass is 331 g/mol. The SMILES string of the molecule is Cn1cc(C(=O)OC2CCOC2=O)c(-c2ccc([N+](=O)[O-])cc2)n1. The number of cyclic esters (lactones) is 1. The van der Waals surface area contributed by atoms with Gasteiger partial charge in [-0.2, -0.15) is 5.10 Å². The van der Waals surface area contributed by atoms with E-state index in [0.717, 1.165) is 0 Å². The zero-order chi connectivity index (χ0) is 17.3. The number of esters is 2. The van der Waals surface area contributed by atoms with Gasteiger partial charge in [-0.15, -0.1) is 0 Å². The van der Waals surface area contributed by atoms with E-state index in [9.17, 15) is 19.7 Å². The smallest absolute Gasteiger partial charge is 0.347 e. The number of benzene rings is 1. The molecule has 1 aliphatic heterocycles. The van der Waals surface area contributed by atoms with Crippen LogP contribution in [0.5, 0.6) is 0 Å². The van der Waals surface area contributed by atoms with Gasteiger partial charge in [0.25, 0.3) is 5.69 Å². The summed E-state index contributed by atoms with van der Waals surface area (Å²) < 4.78 is 11.4. The zero-order valence-electron chi connectivity index (χ0n) is 12.7. The van der Waals surface area contributed by atoms with Gasteiger partial charge in [-0.05, 0) is 12.1 Å². The highest BCUT2D eigenvalue weighted by Gasteiger charge is 2.32. The minimum Gasteiger partial charge on any atom is -0.463 e. The Balaban J connectivity index is 1.88. The molecule has 1 unspecified atom stereocenters. The van der Waals surface area contributed by atoms with Crippen molar-refractivity contribution in [3.8, 4) is 11.3 Å². The number of rotatable bonds is 4. The number of carbonyl (C=O) groups is 2. The van der Waals surface area contributed by atoms with E-state index >= 15 is 0 Å². The van der Waals surface area contributed by atoms with E-state index < -0.39 is 23.0 Å². The molecule has 9 heteroatoms. The second-order valence-electron chi connectivity index (χ2n) is 5.22. The Hall–Kier alpha value is -3.23. The molecule has 2 heterocycles. The molecule has 24 heavy (non-hydrogen) atoms. The lowest BCUT2D eigenvalue weighted by Crippen LogP contribution is -2.22. The number of nitro benzene ring substituents is 1. The molecule has 3 rings (SSSR count). The Morgan fingerprint density at radius 1 is 1.42 bits per heavy atom. The topological polar surface area (TPSA) is 114 Å². The average Bonchev–Trinajstić information content (AvgIpc) is 3.13. The molecular formula is C15H13N3O6. The van der Waals surface area contributed by atoms with Gasteiger partial charge in [-0.25, -0.2) is 9.59 Å². The maximum Gasteiger partial charge on any atom is 0.347 e. The van der Waals surface area contributed by atoms with Gasteiger partial charge in [0, 0.05) is 37.4 Å². The number of non-ortho nitro benzene ring substituents is 1. The molecule has 1 aromatic heterocycles. The van der Waals surface area contributed by atoms with Crippen molar-refractivity contribution in [2.45, 2.75) is 12.5 Å². The summed E-state index contributed by atoms with van der Waals surface area (Å²) in [6.45, 7) is 0.221. The molecule has 0 spiro atoms. The third-order valence-electron chi connectivity index (χ3n) is 3.54. The predicted octanol–water partition coefficient (Wildman–Crippen LogP) is 1.47. The molecule has 0 N–H and O–H groups in total. The number of nitro groups is 1. The first-order chi connectivity index (χ1) is 11.5. The number of ether oxygens (including phenoxy) is 2. The molecule has 1 aliphatic rings. The first-order valence-corrected chi connectivity index (χ1v) is 7.12. The molecule has 0 saturated carbocycles. The Morgan fingerprint density at radius 3 is 2.71 bits per heavy atom. The van der Waals surface area contributed by atoms with E-state index in [-0.39, 0.29) is 17.9 Å². The van der Waals surface area contributed by atoms with Crippen molar-refractivity contribution < 1.29 is 24.0 Å². The second kappa shape index (κ2) is 6.11. The van der Waals surface area contributed by atoms with E-state index in [1.165, 1.54) is 35.1 Å². The summed E-state index contributed by atoms with van der Waals surface area (Å²) in [5, 5.41) is 14.9. The zero-order valence-corrected chi connectivity index (χ0v) is 12.7. The van der Waals surface area contributed by atoms with Crippen LogP contribution in [-0.2, 0) is 21.3 Å². The molecule has 9 nitrogen and oxygen atoms in total. The van der Waals surface area contributed by atoms with Crippen LogP contribution in [0.4, 0.5) is 5.69 Å². The van der Waals surface area contributed by atoms with Gasteiger partial charge in [-0.1, -0.05) is 0 Å². The van der Waals surface area contributed by atoms with Crippen LogP contribution in [0.2, 0.25) is 0 Å². The van der Waals surface area contributed by atoms with Crippen molar-refractivity contribution in [2.24, 2.45) is 7.05 Å². The van der Waals surface area contributed by atoms with E-state index in [4.69, 9.17) is 9.47 Å². The van der Waals surface area contributed by atoms with Gasteiger partial charge in [-0.3, -0.25) is 14.8 Å². The quantitative estimate of drug-likeness (QED) is 0.473. The van der Waals surface area contributed by atoms with Crippen molar-refractivity contribution >= 4 is 17.6 Å². The van der Waals surface area contributed by atoms with Crippen molar-refractivity contribution in [1.29, 1.82) is 0 Å². The summed E-state index contributed by atoms with van der Waals surface area (Å²) in [7, 11) is 1.63. The summed E-state index contributed by atoms with van der Waals surface area (Å²) in [4.78, 5) is 34.0. The van der Waals surface area contributed by atoms with Crippen LogP contribution in [0.25, 0.3) is 11.3 Å². The van der Waals surface area contributed by atoms with Gasteiger partial charge in [0.1, 0.15) is 11.3 Å². The number of carbonyl (C=O) groups excluding carboxylic acids is 2. The summed E-state index contributed by atoms with van der Waals surface area (Å²) in [5.74, 6) is -1.26. The fourth-order valence-electron chi connectivity index (χ4n) is 2.37. The maximum atomic E-state index is 12.3. The third kappa shape index (κ3) is 2.96. The maximum absolute atomic E-state index is 12.3. The lowest BCUT2D eigenvalue weighted by atomic mass is 10.1. The highest BCUT2D eigenvalue weighted by atomic mass is 16.6. The average molecular weight is 331 g/mol. The van der Waals surface area contributed by atoms with Gasteiger partial charge in [0.15, 0.2) is 0 Å². The lowest BCUT2D eigenvalue weighted by molar-refractivity contribution is -0.384. The molecule has 1 saturated heterocycles. The highest BCUT2D eigenvalue weighted by Crippen LogP contribution is 2.25. The Labute approximate surface area is 135 Å². The largest absolute Gasteiger partial charge is 0.463 e. The first kappa shape index (κ1) is 15.7. The van der Waals surface area contributed by atoms with E-state index in [1.54, 1.807) is 7.05 Å². The number of hydrogen-bond acceptors (Lipinski definition) is 7. The van der Waals surface area contributed by atoms with Crippen molar-refractivity contribution in [1.82, 2.24) is 9.78 Å². The van der Waals surface area contributed by atoms with Crippen LogP contribution in [0.15, 0.2) is 30.5 Å². The van der Waals surface area contributed by atoms with Crippen LogP contribution in [0, 0.1) is 10.1 Å². The van der Waals surface area contributed by atoms with Gasteiger partial charge in [0.2, 0.25) is 6.10 Å². The minimum atomic E-state index is -0.914. The van der Waals surface area contributed by atoms with Crippen molar-refractivity contribution in [3.05, 3.63) is 46.1 Å². The molecule has 2 aromatic rings. The Bertz CT molecular complexity index is 811. The molecular weight excluding hydrogens is 318 g/mol. The lowest BCUT2D eigenvalue weighted by Gasteiger charge is -2.08. The summed E-state index contributed by atoms with van der Waals surface area (Å²) >= 11 is 0. The molecule has 1 aromatic carbocycles. The van der Waals surface area contributed by atoms with Crippen molar-refractivity contribution in [3.63, 3.8) is 0 Å². The summed E-state index contributed by atoms with van der Waals surface area (Å²) in [6, 6.07) is 5.66. The molecule has 0 amide bonds. The van der Waals surface area contributed by atoms with Crippen LogP contribution in [0.1, 0.15) is 16.8 Å². The van der Waals surface area contributed by atoms with Crippen LogP contribution in [-0.4, -0.2) is 39.4 Å². The van der Waals surface area contributed by atoms with Gasteiger partial charge < -0.3 is 9.47 Å². The summed E-state index contributed by atoms with van der Waals surface area (Å²) in [5.41, 5.74) is 0.962. The van der Waals surface area contributed by atoms with E-state index in [1.807, 2.05) is 0 Å². The summed E-state index contributed by atoms with van der Waals surface area (Å²) in [6.07, 6.45) is 0.874. The van der Waals surface area contributed by atoms with Gasteiger partial charge in [0.05, 0.1) is 11.5 Å². The van der Waals surface area contributed by atoms with E-state index in [2.05, 4.69) is 5.10 Å². The number of nitrogens with zero attached hydrogens (tertiary/aromatic N) is 3. The molecule has 1 atom stereocenters. The fraction of sp³-hybridized carbons (Fsp3) is 0.267. The minimum absolute atomic E-state index is 0.0625. The molecule has 1 fully saturated rings. The van der Waals surface area contributed by atoms with Crippen LogP contribution < -0.4 is 0 Å². The van der Waals surface area contributed by atoms with Crippen molar-refractivity contribution in [2.75, 3.05) is 6.61 Å². The van der Waals surface area contributed by atoms with Crippen LogP contribution >= 0.6 is 0 Å². The van der Waals surface area contributed by atoms with Crippen LogP contribution in [0.3, 0.4) is 0 Å². The molecule has 0 bridgehead atoms. The second-order valence-corrected chi connectivity index (χ2v) is 5.22. The normalized spacial score (nSPS) is 16.7. The molecule has 124 valence electrons. The molecule has 0 radical (unpaired) electrons. The number of hydrogen-bond donors (Lipinski definition) is 0.